The predicted molar refractivity (Wildman–Crippen MR) is 144 cm³/mol. The Morgan fingerprint density at radius 2 is 1.79 bits per heavy atom. The van der Waals surface area contributed by atoms with Crippen molar-refractivity contribution in [2.45, 2.75) is 26.0 Å². The first-order valence-electron chi connectivity index (χ1n) is 12.2. The van der Waals surface area contributed by atoms with E-state index in [-0.39, 0.29) is 30.6 Å². The van der Waals surface area contributed by atoms with E-state index in [1.807, 2.05) is 44.2 Å². The SMILES string of the molecule is CC(C)OCCN1C(=O)C(O)=C(C(=O)c2cc3cc(Cl)ccc3o2)C1c1cccc(Oc2ccccc2)c1. The molecule has 7 nitrogen and oxygen atoms in total. The maximum atomic E-state index is 13.8. The second-order valence-corrected chi connectivity index (χ2v) is 9.63. The second kappa shape index (κ2) is 10.7. The summed E-state index contributed by atoms with van der Waals surface area (Å²) in [5.74, 6) is -0.689. The van der Waals surface area contributed by atoms with Gasteiger partial charge in [0.05, 0.1) is 24.3 Å². The third-order valence-electron chi connectivity index (χ3n) is 6.19. The highest BCUT2D eigenvalue weighted by Gasteiger charge is 2.44. The summed E-state index contributed by atoms with van der Waals surface area (Å²) in [6.07, 6.45) is -0.0428. The molecule has 1 amide bonds. The molecule has 3 aromatic carbocycles. The van der Waals surface area contributed by atoms with Gasteiger partial charge in [0.1, 0.15) is 17.1 Å². The molecule has 194 valence electrons. The van der Waals surface area contributed by atoms with Crippen molar-refractivity contribution in [2.24, 2.45) is 0 Å². The summed E-state index contributed by atoms with van der Waals surface area (Å²) in [7, 11) is 0. The van der Waals surface area contributed by atoms with Gasteiger partial charge in [0.25, 0.3) is 5.91 Å². The van der Waals surface area contributed by atoms with Crippen LogP contribution in [0.5, 0.6) is 11.5 Å². The summed E-state index contributed by atoms with van der Waals surface area (Å²) < 4.78 is 17.4. The lowest BCUT2D eigenvalue weighted by Gasteiger charge is -2.27. The summed E-state index contributed by atoms with van der Waals surface area (Å²) in [6.45, 7) is 4.19. The lowest BCUT2D eigenvalue weighted by atomic mass is 9.95. The fraction of sp³-hybridized carbons (Fsp3) is 0.200. The number of nitrogens with zero attached hydrogens (tertiary/aromatic N) is 1. The van der Waals surface area contributed by atoms with Gasteiger partial charge in [-0.1, -0.05) is 41.9 Å². The van der Waals surface area contributed by atoms with Crippen molar-refractivity contribution in [1.82, 2.24) is 4.90 Å². The van der Waals surface area contributed by atoms with E-state index in [9.17, 15) is 14.7 Å². The van der Waals surface area contributed by atoms with E-state index < -0.39 is 23.5 Å². The molecule has 0 saturated heterocycles. The largest absolute Gasteiger partial charge is 0.503 e. The quantitative estimate of drug-likeness (QED) is 0.237. The van der Waals surface area contributed by atoms with Crippen LogP contribution in [-0.4, -0.2) is 41.0 Å². The van der Waals surface area contributed by atoms with E-state index in [2.05, 4.69) is 0 Å². The lowest BCUT2D eigenvalue weighted by Crippen LogP contribution is -2.34. The van der Waals surface area contributed by atoms with Crippen molar-refractivity contribution in [2.75, 3.05) is 13.2 Å². The van der Waals surface area contributed by atoms with Crippen LogP contribution in [0.15, 0.2) is 94.6 Å². The number of fused-ring (bicyclic) bond motifs is 1. The number of aliphatic hydroxyl groups is 1. The lowest BCUT2D eigenvalue weighted by molar-refractivity contribution is -0.130. The third-order valence-corrected chi connectivity index (χ3v) is 6.42. The van der Waals surface area contributed by atoms with Gasteiger partial charge in [0, 0.05) is 17.0 Å². The van der Waals surface area contributed by atoms with Crippen molar-refractivity contribution in [3.05, 3.63) is 107 Å². The molecule has 0 spiro atoms. The maximum Gasteiger partial charge on any atom is 0.290 e. The van der Waals surface area contributed by atoms with Crippen LogP contribution in [0.25, 0.3) is 11.0 Å². The number of para-hydroxylation sites is 1. The molecule has 8 heteroatoms. The molecule has 1 N–H and O–H groups in total. The molecular weight excluding hydrogens is 506 g/mol. The molecule has 1 atom stereocenters. The highest BCUT2D eigenvalue weighted by Crippen LogP contribution is 2.41. The van der Waals surface area contributed by atoms with Crippen LogP contribution in [0, 0.1) is 0 Å². The number of hydrogen-bond acceptors (Lipinski definition) is 6. The van der Waals surface area contributed by atoms with Gasteiger partial charge in [0.2, 0.25) is 5.78 Å². The normalized spacial score (nSPS) is 15.6. The number of ketones is 1. The highest BCUT2D eigenvalue weighted by molar-refractivity contribution is 6.31. The predicted octanol–water partition coefficient (Wildman–Crippen LogP) is 6.88. The van der Waals surface area contributed by atoms with Crippen LogP contribution in [0.4, 0.5) is 0 Å². The van der Waals surface area contributed by atoms with Gasteiger partial charge in [0.15, 0.2) is 11.5 Å². The number of halogens is 1. The number of rotatable bonds is 9. The van der Waals surface area contributed by atoms with Crippen LogP contribution in [0.2, 0.25) is 5.02 Å². The summed E-state index contributed by atoms with van der Waals surface area (Å²) in [5, 5.41) is 12.1. The Balaban J connectivity index is 1.54. The van der Waals surface area contributed by atoms with E-state index in [1.165, 1.54) is 4.90 Å². The molecule has 2 heterocycles. The van der Waals surface area contributed by atoms with Gasteiger partial charge >= 0.3 is 0 Å². The van der Waals surface area contributed by atoms with Gasteiger partial charge in [-0.05, 0) is 67.9 Å². The van der Waals surface area contributed by atoms with Gasteiger partial charge in [-0.3, -0.25) is 9.59 Å². The Morgan fingerprint density at radius 3 is 2.55 bits per heavy atom. The van der Waals surface area contributed by atoms with Crippen molar-refractivity contribution >= 4 is 34.3 Å². The van der Waals surface area contributed by atoms with Gasteiger partial charge in [-0.15, -0.1) is 0 Å². The summed E-state index contributed by atoms with van der Waals surface area (Å²) in [6, 6.07) is 22.1. The zero-order valence-corrected chi connectivity index (χ0v) is 21.6. The van der Waals surface area contributed by atoms with Crippen LogP contribution >= 0.6 is 11.6 Å². The fourth-order valence-corrected chi connectivity index (χ4v) is 4.66. The molecule has 38 heavy (non-hydrogen) atoms. The van der Waals surface area contributed by atoms with Crippen LogP contribution in [-0.2, 0) is 9.53 Å². The molecule has 0 aliphatic carbocycles. The average Bonchev–Trinajstić information content (AvgIpc) is 3.43. The first-order valence-corrected chi connectivity index (χ1v) is 12.6. The zero-order chi connectivity index (χ0) is 26.8. The summed E-state index contributed by atoms with van der Waals surface area (Å²) >= 11 is 6.09. The fourth-order valence-electron chi connectivity index (χ4n) is 4.48. The maximum absolute atomic E-state index is 13.8. The van der Waals surface area contributed by atoms with E-state index >= 15 is 0 Å². The minimum absolute atomic E-state index is 0.00131. The number of carbonyl (C=O) groups excluding carboxylic acids is 2. The highest BCUT2D eigenvalue weighted by atomic mass is 35.5. The first kappa shape index (κ1) is 25.6. The zero-order valence-electron chi connectivity index (χ0n) is 20.9. The summed E-state index contributed by atoms with van der Waals surface area (Å²) in [4.78, 5) is 28.4. The first-order chi connectivity index (χ1) is 18.3. The number of furan rings is 1. The van der Waals surface area contributed by atoms with E-state index in [1.54, 1.807) is 48.5 Å². The molecule has 4 aromatic rings. The number of ether oxygens (including phenoxy) is 2. The number of aliphatic hydroxyl groups excluding tert-OH is 1. The molecule has 0 saturated carbocycles. The van der Waals surface area contributed by atoms with E-state index in [0.717, 1.165) is 0 Å². The molecular formula is C30H26ClNO6. The van der Waals surface area contributed by atoms with Crippen molar-refractivity contribution < 1.29 is 28.6 Å². The van der Waals surface area contributed by atoms with Gasteiger partial charge in [-0.25, -0.2) is 0 Å². The molecule has 0 bridgehead atoms. The van der Waals surface area contributed by atoms with E-state index in [4.69, 9.17) is 25.5 Å². The van der Waals surface area contributed by atoms with Crippen molar-refractivity contribution in [3.63, 3.8) is 0 Å². The summed E-state index contributed by atoms with van der Waals surface area (Å²) in [5.41, 5.74) is 1.00. The number of carbonyl (C=O) groups is 2. The Bertz CT molecular complexity index is 1520. The Labute approximate surface area is 224 Å². The average molecular weight is 532 g/mol. The monoisotopic (exact) mass is 531 g/mol. The third kappa shape index (κ3) is 5.16. The minimum Gasteiger partial charge on any atom is -0.503 e. The molecule has 1 unspecified atom stereocenters. The molecule has 0 radical (unpaired) electrons. The second-order valence-electron chi connectivity index (χ2n) is 9.19. The smallest absolute Gasteiger partial charge is 0.290 e. The minimum atomic E-state index is -0.873. The van der Waals surface area contributed by atoms with Crippen molar-refractivity contribution in [1.29, 1.82) is 0 Å². The van der Waals surface area contributed by atoms with Crippen molar-refractivity contribution in [3.8, 4) is 11.5 Å². The standard InChI is InChI=1S/C30H26ClNO6/c1-18(2)36-14-13-32-27(19-7-6-10-23(16-19)37-22-8-4-3-5-9-22)26(29(34)30(32)35)28(33)25-17-20-15-21(31)11-12-24(20)38-25/h3-12,15-18,27,34H,13-14H2,1-2H3. The molecule has 1 aliphatic heterocycles. The van der Waals surface area contributed by atoms with Crippen LogP contribution in [0.1, 0.15) is 36.0 Å². The Kier molecular flexibility index (Phi) is 7.22. The molecule has 0 fully saturated rings. The number of benzene rings is 3. The van der Waals surface area contributed by atoms with E-state index in [0.29, 0.717) is 33.1 Å². The van der Waals surface area contributed by atoms with Crippen LogP contribution in [0.3, 0.4) is 0 Å². The molecule has 1 aliphatic rings. The Hall–Kier alpha value is -4.07. The number of amides is 1. The van der Waals surface area contributed by atoms with Gasteiger partial charge in [-0.2, -0.15) is 0 Å². The van der Waals surface area contributed by atoms with Crippen LogP contribution < -0.4 is 4.74 Å². The molecule has 5 rings (SSSR count). The number of Topliss-reactive ketones (excluding diaryl/α,β-unsaturated/α-hetero) is 1. The van der Waals surface area contributed by atoms with Gasteiger partial charge < -0.3 is 23.9 Å². The molecule has 1 aromatic heterocycles. The number of hydrogen-bond donors (Lipinski definition) is 1. The topological polar surface area (TPSA) is 89.2 Å². The Morgan fingerprint density at radius 1 is 1.03 bits per heavy atom.